The highest BCUT2D eigenvalue weighted by atomic mass is 79.9. The van der Waals surface area contributed by atoms with Gasteiger partial charge >= 0.3 is 0 Å². The van der Waals surface area contributed by atoms with Crippen molar-refractivity contribution in [3.05, 3.63) is 20.3 Å². The van der Waals surface area contributed by atoms with E-state index in [1.54, 1.807) is 11.3 Å². The smallest absolute Gasteiger partial charge is 0.172 e. The minimum absolute atomic E-state index is 0.301. The van der Waals surface area contributed by atoms with Gasteiger partial charge in [0.1, 0.15) is 0 Å². The first-order chi connectivity index (χ1) is 7.65. The molecule has 0 aliphatic heterocycles. The molecule has 0 atom stereocenters. The summed E-state index contributed by atoms with van der Waals surface area (Å²) in [6.07, 6.45) is 6.73. The number of unbranched alkanes of at least 4 members (excludes halogenated alkanes) is 4. The van der Waals surface area contributed by atoms with Gasteiger partial charge in [-0.15, -0.1) is 11.3 Å². The van der Waals surface area contributed by atoms with Gasteiger partial charge in [0.05, 0.1) is 4.88 Å². The maximum Gasteiger partial charge on any atom is 0.172 e. The molecule has 0 saturated carbocycles. The summed E-state index contributed by atoms with van der Waals surface area (Å²) < 4.78 is 1.06. The second-order valence-electron chi connectivity index (χ2n) is 4.10. The number of aryl methyl sites for hydroxylation is 1. The number of halogens is 1. The molecule has 0 radical (unpaired) electrons. The monoisotopic (exact) mass is 302 g/mol. The van der Waals surface area contributed by atoms with Gasteiger partial charge in [-0.25, -0.2) is 0 Å². The first-order valence-electron chi connectivity index (χ1n) is 5.94. The van der Waals surface area contributed by atoms with Crippen LogP contribution in [0.5, 0.6) is 0 Å². The van der Waals surface area contributed by atoms with Crippen LogP contribution in [0.1, 0.15) is 60.0 Å². The van der Waals surface area contributed by atoms with Crippen LogP contribution >= 0.6 is 27.3 Å². The van der Waals surface area contributed by atoms with Gasteiger partial charge in [-0.2, -0.15) is 0 Å². The molecule has 0 N–H and O–H groups in total. The molecule has 0 fully saturated rings. The Bertz CT molecular complexity index is 324. The van der Waals surface area contributed by atoms with Crippen LogP contribution in [0.15, 0.2) is 10.5 Å². The fourth-order valence-corrected chi connectivity index (χ4v) is 3.11. The van der Waals surface area contributed by atoms with E-state index in [0.29, 0.717) is 12.2 Å². The molecule has 0 aliphatic carbocycles. The summed E-state index contributed by atoms with van der Waals surface area (Å²) in [6.45, 7) is 4.24. The summed E-state index contributed by atoms with van der Waals surface area (Å²) in [5.74, 6) is 0.301. The van der Waals surface area contributed by atoms with E-state index in [2.05, 4.69) is 22.9 Å². The number of hydrogen-bond acceptors (Lipinski definition) is 2. The Balaban J connectivity index is 2.30. The quantitative estimate of drug-likeness (QED) is 0.489. The lowest BCUT2D eigenvalue weighted by atomic mass is 10.1. The zero-order valence-corrected chi connectivity index (χ0v) is 12.4. The maximum absolute atomic E-state index is 11.8. The van der Waals surface area contributed by atoms with Gasteiger partial charge in [0, 0.05) is 15.8 Å². The third kappa shape index (κ3) is 4.38. The topological polar surface area (TPSA) is 17.1 Å². The lowest BCUT2D eigenvalue weighted by Crippen LogP contribution is -1.95. The Labute approximate surface area is 110 Å². The van der Waals surface area contributed by atoms with E-state index in [1.807, 2.05) is 13.0 Å². The first kappa shape index (κ1) is 13.9. The molecule has 0 saturated heterocycles. The molecule has 90 valence electrons. The number of hydrogen-bond donors (Lipinski definition) is 0. The van der Waals surface area contributed by atoms with Crippen LogP contribution in [0.2, 0.25) is 0 Å². The third-order valence-corrected chi connectivity index (χ3v) is 4.82. The third-order valence-electron chi connectivity index (χ3n) is 2.64. The molecule has 1 heterocycles. The molecule has 0 spiro atoms. The SMILES string of the molecule is CCCCCCCC(=O)c1cc(Br)c(C)s1. The molecule has 0 aromatic carbocycles. The van der Waals surface area contributed by atoms with Crippen LogP contribution in [0.4, 0.5) is 0 Å². The average molecular weight is 303 g/mol. The average Bonchev–Trinajstić information content (AvgIpc) is 2.59. The van der Waals surface area contributed by atoms with Gasteiger partial charge < -0.3 is 0 Å². The number of rotatable bonds is 7. The van der Waals surface area contributed by atoms with E-state index in [4.69, 9.17) is 0 Å². The van der Waals surface area contributed by atoms with Crippen LogP contribution < -0.4 is 0 Å². The van der Waals surface area contributed by atoms with E-state index in [1.165, 1.54) is 30.6 Å². The summed E-state index contributed by atoms with van der Waals surface area (Å²) in [4.78, 5) is 13.9. The molecule has 16 heavy (non-hydrogen) atoms. The van der Waals surface area contributed by atoms with E-state index in [-0.39, 0.29) is 0 Å². The molecule has 0 amide bonds. The minimum Gasteiger partial charge on any atom is -0.293 e. The molecule has 1 rings (SSSR count). The van der Waals surface area contributed by atoms with Crippen LogP contribution in [-0.4, -0.2) is 5.78 Å². The highest BCUT2D eigenvalue weighted by molar-refractivity contribution is 9.10. The zero-order valence-electron chi connectivity index (χ0n) is 10.0. The molecule has 0 bridgehead atoms. The first-order valence-corrected chi connectivity index (χ1v) is 7.55. The van der Waals surface area contributed by atoms with Crippen molar-refractivity contribution in [2.75, 3.05) is 0 Å². The van der Waals surface area contributed by atoms with Crippen molar-refractivity contribution >= 4 is 33.0 Å². The van der Waals surface area contributed by atoms with Crippen LogP contribution in [-0.2, 0) is 0 Å². The van der Waals surface area contributed by atoms with Gasteiger partial charge in [-0.1, -0.05) is 32.6 Å². The van der Waals surface area contributed by atoms with E-state index < -0.39 is 0 Å². The van der Waals surface area contributed by atoms with Crippen LogP contribution in [0, 0.1) is 6.92 Å². The van der Waals surface area contributed by atoms with Crippen molar-refractivity contribution in [2.45, 2.75) is 52.4 Å². The van der Waals surface area contributed by atoms with Gasteiger partial charge in [-0.3, -0.25) is 4.79 Å². The molecule has 1 nitrogen and oxygen atoms in total. The van der Waals surface area contributed by atoms with Gasteiger partial charge in [0.15, 0.2) is 5.78 Å². The largest absolute Gasteiger partial charge is 0.293 e. The van der Waals surface area contributed by atoms with Crippen molar-refractivity contribution in [1.82, 2.24) is 0 Å². The predicted octanol–water partition coefficient (Wildman–Crippen LogP) is 5.36. The number of ketones is 1. The van der Waals surface area contributed by atoms with Crippen LogP contribution in [0.3, 0.4) is 0 Å². The highest BCUT2D eigenvalue weighted by Crippen LogP contribution is 2.27. The lowest BCUT2D eigenvalue weighted by molar-refractivity contribution is 0.0983. The normalized spacial score (nSPS) is 10.7. The van der Waals surface area contributed by atoms with Gasteiger partial charge in [0.25, 0.3) is 0 Å². The van der Waals surface area contributed by atoms with Crippen molar-refractivity contribution < 1.29 is 4.79 Å². The Kier molecular flexibility index (Phi) is 6.29. The molecule has 0 aliphatic rings. The number of carbonyl (C=O) groups is 1. The summed E-state index contributed by atoms with van der Waals surface area (Å²) in [7, 11) is 0. The lowest BCUT2D eigenvalue weighted by Gasteiger charge is -1.98. The Morgan fingerprint density at radius 2 is 2.00 bits per heavy atom. The Hall–Kier alpha value is -0.150. The second kappa shape index (κ2) is 7.23. The van der Waals surface area contributed by atoms with Gasteiger partial charge in [0.2, 0.25) is 0 Å². The van der Waals surface area contributed by atoms with Crippen molar-refractivity contribution in [3.63, 3.8) is 0 Å². The Morgan fingerprint density at radius 1 is 1.31 bits per heavy atom. The minimum atomic E-state index is 0.301. The predicted molar refractivity (Wildman–Crippen MR) is 74.5 cm³/mol. The standard InChI is InChI=1S/C13H19BrOS/c1-3-4-5-6-7-8-12(15)13-9-11(14)10(2)16-13/h9H,3-8H2,1-2H3. The van der Waals surface area contributed by atoms with Crippen molar-refractivity contribution in [3.8, 4) is 0 Å². The molecule has 0 unspecified atom stereocenters. The number of Topliss-reactive ketones (excluding diaryl/α,β-unsaturated/α-hetero) is 1. The number of thiophene rings is 1. The van der Waals surface area contributed by atoms with E-state index in [0.717, 1.165) is 15.8 Å². The van der Waals surface area contributed by atoms with E-state index >= 15 is 0 Å². The maximum atomic E-state index is 11.8. The Morgan fingerprint density at radius 3 is 2.56 bits per heavy atom. The summed E-state index contributed by atoms with van der Waals surface area (Å²) >= 11 is 5.04. The van der Waals surface area contributed by atoms with Crippen LogP contribution in [0.25, 0.3) is 0 Å². The molecule has 3 heteroatoms. The summed E-state index contributed by atoms with van der Waals surface area (Å²) in [5, 5.41) is 0. The molecule has 1 aromatic heterocycles. The highest BCUT2D eigenvalue weighted by Gasteiger charge is 2.10. The molecule has 1 aromatic rings. The second-order valence-corrected chi connectivity index (χ2v) is 6.21. The zero-order chi connectivity index (χ0) is 12.0. The molecular formula is C13H19BrOS. The number of carbonyl (C=O) groups excluding carboxylic acids is 1. The fourth-order valence-electron chi connectivity index (χ4n) is 1.61. The van der Waals surface area contributed by atoms with E-state index in [9.17, 15) is 4.79 Å². The van der Waals surface area contributed by atoms with Gasteiger partial charge in [-0.05, 0) is 35.3 Å². The van der Waals surface area contributed by atoms with Crippen molar-refractivity contribution in [1.29, 1.82) is 0 Å². The fraction of sp³-hybridized carbons (Fsp3) is 0.615. The molecular weight excluding hydrogens is 284 g/mol. The summed E-state index contributed by atoms with van der Waals surface area (Å²) in [5.41, 5.74) is 0. The summed E-state index contributed by atoms with van der Waals surface area (Å²) in [6, 6.07) is 1.95. The van der Waals surface area contributed by atoms with Crippen molar-refractivity contribution in [2.24, 2.45) is 0 Å².